The third-order valence-corrected chi connectivity index (χ3v) is 3.62. The predicted octanol–water partition coefficient (Wildman–Crippen LogP) is 3.48. The second-order valence-corrected chi connectivity index (χ2v) is 5.82. The average Bonchev–Trinajstić information content (AvgIpc) is 2.39. The summed E-state index contributed by atoms with van der Waals surface area (Å²) in [7, 11) is 0. The molecule has 2 aromatic rings. The molecule has 0 aliphatic carbocycles. The summed E-state index contributed by atoms with van der Waals surface area (Å²) in [4.78, 5) is 4.22. The maximum atomic E-state index is 8.85. The monoisotopic (exact) mass is 429 g/mol. The Bertz CT molecular complexity index is 614. The second kappa shape index (κ2) is 6.21. The fourth-order valence-corrected chi connectivity index (χ4v) is 2.51. The molecule has 1 aromatic carbocycles. The van der Waals surface area contributed by atoms with Gasteiger partial charge in [0, 0.05) is 10.7 Å². The summed E-state index contributed by atoms with van der Waals surface area (Å²) >= 11 is 5.42. The van der Waals surface area contributed by atoms with Gasteiger partial charge in [-0.1, -0.05) is 0 Å². The van der Waals surface area contributed by atoms with E-state index < -0.39 is 0 Å². The number of halogens is 2. The Morgan fingerprint density at radius 1 is 1.42 bits per heavy atom. The van der Waals surface area contributed by atoms with Crippen LogP contribution in [0.4, 0.5) is 5.69 Å². The first-order chi connectivity index (χ1) is 9.10. The van der Waals surface area contributed by atoms with Crippen LogP contribution in [0.25, 0.3) is 0 Å². The summed E-state index contributed by atoms with van der Waals surface area (Å²) in [6.45, 7) is 0.333. The number of nitrogen functional groups attached to an aromatic ring is 1. The highest BCUT2D eigenvalue weighted by molar-refractivity contribution is 14.1. The molecule has 0 radical (unpaired) electrons. The van der Waals surface area contributed by atoms with Gasteiger partial charge in [0.25, 0.3) is 0 Å². The summed E-state index contributed by atoms with van der Waals surface area (Å²) in [5.41, 5.74) is 7.67. The molecule has 0 bridgehead atoms. The highest BCUT2D eigenvalue weighted by Gasteiger charge is 2.09. The van der Waals surface area contributed by atoms with Gasteiger partial charge in [0.05, 0.1) is 26.6 Å². The van der Waals surface area contributed by atoms with Crippen molar-refractivity contribution in [3.63, 3.8) is 0 Å². The van der Waals surface area contributed by atoms with Gasteiger partial charge in [-0.3, -0.25) is 4.98 Å². The van der Waals surface area contributed by atoms with Crippen molar-refractivity contribution in [2.24, 2.45) is 0 Å². The van der Waals surface area contributed by atoms with Gasteiger partial charge < -0.3 is 10.5 Å². The van der Waals surface area contributed by atoms with E-state index in [1.54, 1.807) is 18.3 Å². The third-order valence-electron chi connectivity index (χ3n) is 2.35. The number of nitrogens with zero attached hydrogens (tertiary/aromatic N) is 2. The van der Waals surface area contributed by atoms with E-state index in [1.807, 2.05) is 12.1 Å². The van der Waals surface area contributed by atoms with Crippen LogP contribution < -0.4 is 10.5 Å². The van der Waals surface area contributed by atoms with Crippen LogP contribution in [-0.4, -0.2) is 4.98 Å². The molecule has 0 atom stereocenters. The van der Waals surface area contributed by atoms with Crippen molar-refractivity contribution in [3.8, 4) is 11.8 Å². The number of nitrogens with two attached hydrogens (primary N) is 1. The maximum Gasteiger partial charge on any atom is 0.156 e. The second-order valence-electron chi connectivity index (χ2n) is 3.74. The molecule has 0 amide bonds. The lowest BCUT2D eigenvalue weighted by Crippen LogP contribution is -2.02. The number of hydrogen-bond acceptors (Lipinski definition) is 4. The number of benzene rings is 1. The third kappa shape index (κ3) is 3.58. The number of anilines is 1. The minimum atomic E-state index is 0.333. The fraction of sp³-hybridized carbons (Fsp3) is 0.0769. The minimum absolute atomic E-state index is 0.333. The largest absolute Gasteiger partial charge is 0.484 e. The van der Waals surface area contributed by atoms with Crippen LogP contribution in [0.2, 0.25) is 0 Å². The Morgan fingerprint density at radius 3 is 2.79 bits per heavy atom. The quantitative estimate of drug-likeness (QED) is 0.598. The zero-order valence-corrected chi connectivity index (χ0v) is 13.5. The molecule has 2 rings (SSSR count). The lowest BCUT2D eigenvalue weighted by molar-refractivity contribution is 0.301. The SMILES string of the molecule is N#Cc1cc(N)c(OCc2ccc(Br)cn2)c(I)c1. The van der Waals surface area contributed by atoms with E-state index in [0.717, 1.165) is 13.7 Å². The molecule has 1 heterocycles. The minimum Gasteiger partial charge on any atom is -0.484 e. The van der Waals surface area contributed by atoms with Crippen LogP contribution in [0.15, 0.2) is 34.9 Å². The molecule has 0 unspecified atom stereocenters. The van der Waals surface area contributed by atoms with E-state index >= 15 is 0 Å². The summed E-state index contributed by atoms with van der Waals surface area (Å²) in [5.74, 6) is 0.587. The molecule has 96 valence electrons. The molecular formula is C13H9BrIN3O. The van der Waals surface area contributed by atoms with Crippen molar-refractivity contribution in [2.45, 2.75) is 6.61 Å². The van der Waals surface area contributed by atoms with Crippen LogP contribution >= 0.6 is 38.5 Å². The highest BCUT2D eigenvalue weighted by atomic mass is 127. The van der Waals surface area contributed by atoms with Crippen LogP contribution in [-0.2, 0) is 6.61 Å². The average molecular weight is 430 g/mol. The van der Waals surface area contributed by atoms with E-state index in [9.17, 15) is 0 Å². The predicted molar refractivity (Wildman–Crippen MR) is 84.6 cm³/mol. The molecule has 0 aliphatic heterocycles. The van der Waals surface area contributed by atoms with Crippen molar-refractivity contribution < 1.29 is 4.74 Å². The van der Waals surface area contributed by atoms with Crippen molar-refractivity contribution in [1.82, 2.24) is 4.98 Å². The summed E-state index contributed by atoms with van der Waals surface area (Å²) in [5, 5.41) is 8.85. The first-order valence-electron chi connectivity index (χ1n) is 5.32. The van der Waals surface area contributed by atoms with E-state index in [0.29, 0.717) is 23.6 Å². The molecule has 0 saturated carbocycles. The standard InChI is InChI=1S/C13H9BrIN3O/c14-9-1-2-10(18-6-9)7-19-13-11(15)3-8(5-16)4-12(13)17/h1-4,6H,7,17H2. The Labute approximate surface area is 132 Å². The van der Waals surface area contributed by atoms with Gasteiger partial charge in [0.2, 0.25) is 0 Å². The van der Waals surface area contributed by atoms with Gasteiger partial charge in [-0.25, -0.2) is 0 Å². The van der Waals surface area contributed by atoms with Crippen molar-refractivity contribution >= 4 is 44.2 Å². The number of hydrogen-bond donors (Lipinski definition) is 1. The molecule has 4 nitrogen and oxygen atoms in total. The normalized spacial score (nSPS) is 9.95. The molecule has 0 fully saturated rings. The number of pyridine rings is 1. The van der Waals surface area contributed by atoms with Crippen LogP contribution in [0.5, 0.6) is 5.75 Å². The Balaban J connectivity index is 2.16. The lowest BCUT2D eigenvalue weighted by atomic mass is 10.2. The van der Waals surface area contributed by atoms with E-state index in [1.165, 1.54) is 0 Å². The summed E-state index contributed by atoms with van der Waals surface area (Å²) in [6, 6.07) is 9.17. The topological polar surface area (TPSA) is 71.9 Å². The molecular weight excluding hydrogens is 421 g/mol. The molecule has 0 aliphatic rings. The first kappa shape index (κ1) is 14.1. The number of nitriles is 1. The summed E-state index contributed by atoms with van der Waals surface area (Å²) in [6.07, 6.45) is 1.71. The fourth-order valence-electron chi connectivity index (χ4n) is 1.47. The van der Waals surface area contributed by atoms with Crippen molar-refractivity contribution in [1.29, 1.82) is 5.26 Å². The molecule has 2 N–H and O–H groups in total. The number of aromatic nitrogens is 1. The van der Waals surface area contributed by atoms with Crippen LogP contribution in [0.3, 0.4) is 0 Å². The molecule has 1 aromatic heterocycles. The van der Waals surface area contributed by atoms with Crippen molar-refractivity contribution in [3.05, 3.63) is 49.8 Å². The van der Waals surface area contributed by atoms with E-state index in [2.05, 4.69) is 49.6 Å². The smallest absolute Gasteiger partial charge is 0.156 e. The number of rotatable bonds is 3. The Kier molecular flexibility index (Phi) is 4.61. The highest BCUT2D eigenvalue weighted by Crippen LogP contribution is 2.30. The van der Waals surface area contributed by atoms with Gasteiger partial charge in [0.1, 0.15) is 6.61 Å². The molecule has 6 heteroatoms. The molecule has 19 heavy (non-hydrogen) atoms. The van der Waals surface area contributed by atoms with Gasteiger partial charge in [-0.05, 0) is 62.8 Å². The lowest BCUT2D eigenvalue weighted by Gasteiger charge is -2.11. The van der Waals surface area contributed by atoms with Crippen molar-refractivity contribution in [2.75, 3.05) is 5.73 Å². The zero-order valence-electron chi connectivity index (χ0n) is 9.73. The molecule has 0 saturated heterocycles. The Hall–Kier alpha value is -1.33. The first-order valence-corrected chi connectivity index (χ1v) is 7.19. The van der Waals surface area contributed by atoms with Gasteiger partial charge >= 0.3 is 0 Å². The molecule has 0 spiro atoms. The zero-order chi connectivity index (χ0) is 13.8. The maximum absolute atomic E-state index is 8.85. The number of ether oxygens (including phenoxy) is 1. The Morgan fingerprint density at radius 2 is 2.21 bits per heavy atom. The van der Waals surface area contributed by atoms with Crippen LogP contribution in [0, 0.1) is 14.9 Å². The van der Waals surface area contributed by atoms with Gasteiger partial charge in [-0.2, -0.15) is 5.26 Å². The van der Waals surface area contributed by atoms with E-state index in [-0.39, 0.29) is 0 Å². The summed E-state index contributed by atoms with van der Waals surface area (Å²) < 4.78 is 7.40. The van der Waals surface area contributed by atoms with E-state index in [4.69, 9.17) is 15.7 Å². The van der Waals surface area contributed by atoms with Gasteiger partial charge in [-0.15, -0.1) is 0 Å². The van der Waals surface area contributed by atoms with Crippen LogP contribution in [0.1, 0.15) is 11.3 Å². The van der Waals surface area contributed by atoms with Gasteiger partial charge in [0.15, 0.2) is 5.75 Å².